The van der Waals surface area contributed by atoms with Crippen LogP contribution in [0.2, 0.25) is 0 Å². The summed E-state index contributed by atoms with van der Waals surface area (Å²) in [4.78, 5) is 15.1. The van der Waals surface area contributed by atoms with E-state index in [1.165, 1.54) is 18.2 Å². The minimum absolute atomic E-state index is 0.0500. The Labute approximate surface area is 176 Å². The lowest BCUT2D eigenvalue weighted by molar-refractivity contribution is 0.0735. The minimum atomic E-state index is -3.62. The third kappa shape index (κ3) is 4.06. The zero-order chi connectivity index (χ0) is 21.1. The number of rotatable bonds is 6. The number of carbonyl (C=O) groups excluding carboxylic acids is 1. The predicted octanol–water partition coefficient (Wildman–Crippen LogP) is 2.90. The molecule has 4 rings (SSSR count). The fraction of sp³-hybridized carbons (Fsp3) is 0.318. The molecule has 0 aliphatic carbocycles. The molecule has 0 radical (unpaired) electrons. The normalized spacial score (nSPS) is 18.3. The Bertz CT molecular complexity index is 1050. The molecule has 1 unspecified atom stereocenters. The highest BCUT2D eigenvalue weighted by molar-refractivity contribution is 7.89. The molecule has 2 aliphatic rings. The molecule has 2 heterocycles. The van der Waals surface area contributed by atoms with Crippen molar-refractivity contribution in [2.75, 3.05) is 26.3 Å². The number of benzene rings is 2. The van der Waals surface area contributed by atoms with Gasteiger partial charge in [-0.15, -0.1) is 6.58 Å². The topological polar surface area (TPSA) is 84.9 Å². The standard InChI is InChI=1S/C22H24N2O5S/c1-2-11-23-30(26,27)18-8-5-16(6-9-18)22(25)24-12-3-4-19(24)17-7-10-20-21(15-17)29-14-13-28-20/h2,5-10,15,19,23H,1,3-4,11-14H2. The van der Waals surface area contributed by atoms with Crippen LogP contribution in [0, 0.1) is 0 Å². The van der Waals surface area contributed by atoms with Crippen LogP contribution in [0.4, 0.5) is 0 Å². The molecule has 1 N–H and O–H groups in total. The summed E-state index contributed by atoms with van der Waals surface area (Å²) in [7, 11) is -3.62. The van der Waals surface area contributed by atoms with Crippen molar-refractivity contribution in [2.45, 2.75) is 23.8 Å². The Morgan fingerprint density at radius 2 is 1.87 bits per heavy atom. The number of nitrogens with one attached hydrogen (secondary N) is 1. The van der Waals surface area contributed by atoms with E-state index in [1.807, 2.05) is 23.1 Å². The van der Waals surface area contributed by atoms with E-state index < -0.39 is 10.0 Å². The van der Waals surface area contributed by atoms with E-state index in [0.29, 0.717) is 31.1 Å². The number of amides is 1. The molecule has 0 aromatic heterocycles. The van der Waals surface area contributed by atoms with Crippen LogP contribution in [0.1, 0.15) is 34.8 Å². The summed E-state index contributed by atoms with van der Waals surface area (Å²) in [6, 6.07) is 11.8. The number of nitrogens with zero attached hydrogens (tertiary/aromatic N) is 1. The van der Waals surface area contributed by atoms with E-state index in [2.05, 4.69) is 11.3 Å². The average molecular weight is 429 g/mol. The van der Waals surface area contributed by atoms with E-state index >= 15 is 0 Å². The van der Waals surface area contributed by atoms with Crippen molar-refractivity contribution in [3.05, 3.63) is 66.2 Å². The largest absolute Gasteiger partial charge is 0.486 e. The first kappa shape index (κ1) is 20.4. The fourth-order valence-electron chi connectivity index (χ4n) is 3.82. The maximum absolute atomic E-state index is 13.1. The summed E-state index contributed by atoms with van der Waals surface area (Å²) in [5.74, 6) is 1.32. The third-order valence-corrected chi connectivity index (χ3v) is 6.73. The van der Waals surface area contributed by atoms with Crippen molar-refractivity contribution >= 4 is 15.9 Å². The molecule has 2 aliphatic heterocycles. The highest BCUT2D eigenvalue weighted by Gasteiger charge is 2.31. The molecular weight excluding hydrogens is 404 g/mol. The summed E-state index contributed by atoms with van der Waals surface area (Å²) < 4.78 is 38.1. The molecule has 2 aromatic carbocycles. The Kier molecular flexibility index (Phi) is 5.78. The molecule has 0 spiro atoms. The number of sulfonamides is 1. The highest BCUT2D eigenvalue weighted by atomic mass is 32.2. The molecule has 158 valence electrons. The van der Waals surface area contributed by atoms with E-state index in [9.17, 15) is 13.2 Å². The van der Waals surface area contributed by atoms with Gasteiger partial charge < -0.3 is 14.4 Å². The Morgan fingerprint density at radius 3 is 2.60 bits per heavy atom. The van der Waals surface area contributed by atoms with E-state index in [4.69, 9.17) is 9.47 Å². The lowest BCUT2D eigenvalue weighted by Crippen LogP contribution is -2.30. The molecule has 30 heavy (non-hydrogen) atoms. The number of likely N-dealkylation sites (tertiary alicyclic amines) is 1. The van der Waals surface area contributed by atoms with Gasteiger partial charge in [0.15, 0.2) is 11.5 Å². The van der Waals surface area contributed by atoms with Gasteiger partial charge >= 0.3 is 0 Å². The summed E-state index contributed by atoms with van der Waals surface area (Å²) >= 11 is 0. The second-order valence-electron chi connectivity index (χ2n) is 7.22. The molecule has 0 bridgehead atoms. The van der Waals surface area contributed by atoms with Crippen LogP contribution in [-0.4, -0.2) is 45.5 Å². The van der Waals surface area contributed by atoms with Gasteiger partial charge in [0.1, 0.15) is 13.2 Å². The molecule has 1 saturated heterocycles. The lowest BCUT2D eigenvalue weighted by atomic mass is 10.0. The zero-order valence-electron chi connectivity index (χ0n) is 16.5. The Hall–Kier alpha value is -2.84. The van der Waals surface area contributed by atoms with E-state index in [0.717, 1.165) is 24.2 Å². The molecule has 7 nitrogen and oxygen atoms in total. The van der Waals surface area contributed by atoms with E-state index in [-0.39, 0.29) is 23.4 Å². The number of carbonyl (C=O) groups is 1. The van der Waals surface area contributed by atoms with Crippen molar-refractivity contribution in [3.8, 4) is 11.5 Å². The molecule has 8 heteroatoms. The summed E-state index contributed by atoms with van der Waals surface area (Å²) in [5.41, 5.74) is 1.47. The number of ether oxygens (including phenoxy) is 2. The first-order valence-corrected chi connectivity index (χ1v) is 11.4. The zero-order valence-corrected chi connectivity index (χ0v) is 17.4. The maximum atomic E-state index is 13.1. The Balaban J connectivity index is 1.53. The highest BCUT2D eigenvalue weighted by Crippen LogP contribution is 2.38. The predicted molar refractivity (Wildman–Crippen MR) is 112 cm³/mol. The van der Waals surface area contributed by atoms with Crippen LogP contribution >= 0.6 is 0 Å². The van der Waals surface area contributed by atoms with Gasteiger partial charge in [-0.05, 0) is 54.8 Å². The van der Waals surface area contributed by atoms with Crippen molar-refractivity contribution in [2.24, 2.45) is 0 Å². The maximum Gasteiger partial charge on any atom is 0.254 e. The van der Waals surface area contributed by atoms with Crippen molar-refractivity contribution in [1.82, 2.24) is 9.62 Å². The van der Waals surface area contributed by atoms with Gasteiger partial charge in [0.05, 0.1) is 10.9 Å². The van der Waals surface area contributed by atoms with Crippen LogP contribution in [0.25, 0.3) is 0 Å². The lowest BCUT2D eigenvalue weighted by Gasteiger charge is -2.27. The van der Waals surface area contributed by atoms with Gasteiger partial charge in [0.2, 0.25) is 10.0 Å². The van der Waals surface area contributed by atoms with Gasteiger partial charge in [-0.1, -0.05) is 12.1 Å². The van der Waals surface area contributed by atoms with Crippen molar-refractivity contribution in [1.29, 1.82) is 0 Å². The molecule has 1 amide bonds. The minimum Gasteiger partial charge on any atom is -0.486 e. The summed E-state index contributed by atoms with van der Waals surface area (Å²) in [5, 5.41) is 0. The fourth-order valence-corrected chi connectivity index (χ4v) is 4.82. The monoisotopic (exact) mass is 428 g/mol. The van der Waals surface area contributed by atoms with Crippen molar-refractivity contribution < 1.29 is 22.7 Å². The van der Waals surface area contributed by atoms with Gasteiger partial charge in [-0.25, -0.2) is 13.1 Å². The first-order chi connectivity index (χ1) is 14.5. The number of hydrogen-bond acceptors (Lipinski definition) is 5. The molecule has 0 saturated carbocycles. The number of hydrogen-bond donors (Lipinski definition) is 1. The number of fused-ring (bicyclic) bond motifs is 1. The van der Waals surface area contributed by atoms with Crippen LogP contribution in [0.15, 0.2) is 60.0 Å². The van der Waals surface area contributed by atoms with Crippen LogP contribution in [-0.2, 0) is 10.0 Å². The molecule has 2 aromatic rings. The average Bonchev–Trinajstić information content (AvgIpc) is 3.27. The molecule has 1 fully saturated rings. The quantitative estimate of drug-likeness (QED) is 0.715. The van der Waals surface area contributed by atoms with Gasteiger partial charge in [0, 0.05) is 18.7 Å². The second-order valence-corrected chi connectivity index (χ2v) is 8.99. The first-order valence-electron chi connectivity index (χ1n) is 9.91. The Morgan fingerprint density at radius 1 is 1.13 bits per heavy atom. The summed E-state index contributed by atoms with van der Waals surface area (Å²) in [6.45, 7) is 5.35. The van der Waals surface area contributed by atoms with E-state index in [1.54, 1.807) is 12.1 Å². The third-order valence-electron chi connectivity index (χ3n) is 5.29. The molecule has 1 atom stereocenters. The van der Waals surface area contributed by atoms with Crippen LogP contribution < -0.4 is 14.2 Å². The van der Waals surface area contributed by atoms with Gasteiger partial charge in [-0.3, -0.25) is 4.79 Å². The second kappa shape index (κ2) is 8.49. The smallest absolute Gasteiger partial charge is 0.254 e. The summed E-state index contributed by atoms with van der Waals surface area (Å²) in [6.07, 6.45) is 3.24. The van der Waals surface area contributed by atoms with Crippen LogP contribution in [0.5, 0.6) is 11.5 Å². The SMILES string of the molecule is C=CCNS(=O)(=O)c1ccc(C(=O)N2CCCC2c2ccc3c(c2)OCCO3)cc1. The van der Waals surface area contributed by atoms with Gasteiger partial charge in [-0.2, -0.15) is 0 Å². The van der Waals surface area contributed by atoms with Crippen LogP contribution in [0.3, 0.4) is 0 Å². The van der Waals surface area contributed by atoms with Crippen molar-refractivity contribution in [3.63, 3.8) is 0 Å². The van der Waals surface area contributed by atoms with Gasteiger partial charge in [0.25, 0.3) is 5.91 Å². The molecular formula is C22H24N2O5S.